The van der Waals surface area contributed by atoms with Gasteiger partial charge in [0, 0.05) is 30.3 Å². The fourth-order valence-electron chi connectivity index (χ4n) is 4.56. The topological polar surface area (TPSA) is 25.4 Å². The molecule has 3 nitrogen and oxygen atoms in total. The maximum Gasteiger partial charge on any atom is 0.142 e. The number of hydrogen-bond acceptors (Lipinski definition) is 4. The zero-order chi connectivity index (χ0) is 18.6. The second-order valence-electron chi connectivity index (χ2n) is 7.76. The third kappa shape index (κ3) is 2.52. The molecule has 4 heteroatoms. The molecule has 1 aromatic heterocycles. The summed E-state index contributed by atoms with van der Waals surface area (Å²) in [5.74, 6) is 1.83. The van der Waals surface area contributed by atoms with Gasteiger partial charge in [-0.05, 0) is 42.8 Å². The molecule has 0 aliphatic carbocycles. The minimum absolute atomic E-state index is 0.150. The van der Waals surface area contributed by atoms with Crippen molar-refractivity contribution in [2.75, 3.05) is 19.6 Å². The number of fused-ring (bicyclic) bond motifs is 4. The molecule has 0 saturated carbocycles. The normalized spacial score (nSPS) is 24.4. The van der Waals surface area contributed by atoms with Crippen molar-refractivity contribution >= 4 is 11.8 Å². The highest BCUT2D eigenvalue weighted by molar-refractivity contribution is 7.99. The van der Waals surface area contributed by atoms with Gasteiger partial charge in [0.2, 0.25) is 0 Å². The Labute approximate surface area is 169 Å². The van der Waals surface area contributed by atoms with Crippen LogP contribution in [0.25, 0.3) is 11.3 Å². The molecule has 28 heavy (non-hydrogen) atoms. The van der Waals surface area contributed by atoms with E-state index >= 15 is 0 Å². The van der Waals surface area contributed by atoms with Gasteiger partial charge in [0.1, 0.15) is 11.5 Å². The molecule has 3 aromatic rings. The summed E-state index contributed by atoms with van der Waals surface area (Å²) < 4.78 is 6.13. The summed E-state index contributed by atoms with van der Waals surface area (Å²) in [5, 5.41) is 0. The third-order valence-electron chi connectivity index (χ3n) is 6.05. The molecule has 2 unspecified atom stereocenters. The number of benzene rings is 2. The van der Waals surface area contributed by atoms with Gasteiger partial charge in [0.25, 0.3) is 0 Å². The molecule has 2 atom stereocenters. The van der Waals surface area contributed by atoms with Crippen LogP contribution in [0.4, 0.5) is 0 Å². The molecular weight excluding hydrogens is 364 g/mol. The highest BCUT2D eigenvalue weighted by Gasteiger charge is 2.39. The van der Waals surface area contributed by atoms with Gasteiger partial charge in [-0.2, -0.15) is 0 Å². The van der Waals surface area contributed by atoms with E-state index in [0.29, 0.717) is 0 Å². The van der Waals surface area contributed by atoms with Crippen molar-refractivity contribution in [3.63, 3.8) is 0 Å². The van der Waals surface area contributed by atoms with E-state index in [9.17, 15) is 0 Å². The second kappa shape index (κ2) is 6.23. The van der Waals surface area contributed by atoms with Crippen molar-refractivity contribution in [3.05, 3.63) is 78.5 Å². The average molecular weight is 385 g/mol. The summed E-state index contributed by atoms with van der Waals surface area (Å²) >= 11 is 1.76. The monoisotopic (exact) mass is 384 g/mol. The Morgan fingerprint density at radius 1 is 1.00 bits per heavy atom. The molecule has 2 aromatic carbocycles. The predicted octanol–water partition coefficient (Wildman–Crippen LogP) is 5.52. The summed E-state index contributed by atoms with van der Waals surface area (Å²) in [7, 11) is 0. The first-order chi connectivity index (χ1) is 13.8. The van der Waals surface area contributed by atoms with Crippen molar-refractivity contribution in [2.45, 2.75) is 21.6 Å². The standard InChI is InChI=1S/C24H20N2OS/c1-2-8-22-20(6-1)27-21-7-3-5-18(23(21)28-22)19-10-9-17(15-25-19)24-11-4-13-26(16-24)14-12-24/h1-11,15H,12-14,16H2. The van der Waals surface area contributed by atoms with Gasteiger partial charge in [-0.15, -0.1) is 0 Å². The van der Waals surface area contributed by atoms with Crippen molar-refractivity contribution in [3.8, 4) is 22.8 Å². The fourth-order valence-corrected chi connectivity index (χ4v) is 5.63. The fraction of sp³-hybridized carbons (Fsp3) is 0.208. The number of para-hydroxylation sites is 1. The number of ether oxygens (including phenoxy) is 1. The lowest BCUT2D eigenvalue weighted by Crippen LogP contribution is -2.33. The van der Waals surface area contributed by atoms with Gasteiger partial charge in [0.15, 0.2) is 0 Å². The largest absolute Gasteiger partial charge is 0.455 e. The van der Waals surface area contributed by atoms with E-state index < -0.39 is 0 Å². The van der Waals surface area contributed by atoms with Crippen LogP contribution < -0.4 is 4.74 Å². The summed E-state index contributed by atoms with van der Waals surface area (Å²) in [6.07, 6.45) is 7.98. The number of rotatable bonds is 2. The van der Waals surface area contributed by atoms with Crippen LogP contribution in [0.2, 0.25) is 0 Å². The van der Waals surface area contributed by atoms with Crippen LogP contribution >= 0.6 is 11.8 Å². The van der Waals surface area contributed by atoms with Crippen molar-refractivity contribution < 1.29 is 4.74 Å². The number of pyridine rings is 1. The van der Waals surface area contributed by atoms with Crippen LogP contribution in [0.1, 0.15) is 12.0 Å². The van der Waals surface area contributed by atoms with Crippen molar-refractivity contribution in [1.82, 2.24) is 9.88 Å². The summed E-state index contributed by atoms with van der Waals surface area (Å²) in [6, 6.07) is 18.9. The first-order valence-corrected chi connectivity index (χ1v) is 10.6. The van der Waals surface area contributed by atoms with Gasteiger partial charge < -0.3 is 4.74 Å². The van der Waals surface area contributed by atoms with Crippen LogP contribution in [0, 0.1) is 0 Å². The van der Waals surface area contributed by atoms with E-state index in [0.717, 1.165) is 45.6 Å². The van der Waals surface area contributed by atoms with E-state index in [1.54, 1.807) is 11.8 Å². The van der Waals surface area contributed by atoms with Crippen LogP contribution in [0.5, 0.6) is 11.5 Å². The molecule has 1 fully saturated rings. The lowest BCUT2D eigenvalue weighted by atomic mass is 9.79. The zero-order valence-corrected chi connectivity index (χ0v) is 16.3. The zero-order valence-electron chi connectivity index (χ0n) is 15.5. The number of aromatic nitrogens is 1. The summed E-state index contributed by atoms with van der Waals surface area (Å²) in [5.41, 5.74) is 3.61. The predicted molar refractivity (Wildman–Crippen MR) is 112 cm³/mol. The Bertz CT molecular complexity index is 1090. The maximum atomic E-state index is 6.13. The smallest absolute Gasteiger partial charge is 0.142 e. The SMILES string of the molecule is C1=CC2(c3ccc(-c4cccc5c4Sc4ccccc4O5)nc3)CCN(C1)C2. The minimum Gasteiger partial charge on any atom is -0.455 e. The Morgan fingerprint density at radius 2 is 1.93 bits per heavy atom. The lowest BCUT2D eigenvalue weighted by Gasteiger charge is -2.29. The average Bonchev–Trinajstić information content (AvgIpc) is 3.06. The van der Waals surface area contributed by atoms with Gasteiger partial charge in [0.05, 0.1) is 15.5 Å². The lowest BCUT2D eigenvalue weighted by molar-refractivity contribution is 0.345. The molecule has 138 valence electrons. The van der Waals surface area contributed by atoms with Crippen LogP contribution in [-0.4, -0.2) is 29.5 Å². The number of nitrogens with zero attached hydrogens (tertiary/aromatic N) is 2. The van der Waals surface area contributed by atoms with E-state index in [-0.39, 0.29) is 5.41 Å². The second-order valence-corrected chi connectivity index (χ2v) is 8.81. The molecule has 2 bridgehead atoms. The van der Waals surface area contributed by atoms with E-state index in [1.807, 2.05) is 18.2 Å². The molecule has 6 rings (SSSR count). The molecule has 0 spiro atoms. The first kappa shape index (κ1) is 16.4. The highest BCUT2D eigenvalue weighted by atomic mass is 32.2. The molecule has 4 heterocycles. The van der Waals surface area contributed by atoms with E-state index in [2.05, 4.69) is 59.6 Å². The van der Waals surface area contributed by atoms with Gasteiger partial charge in [-0.1, -0.05) is 54.2 Å². The Balaban J connectivity index is 1.37. The van der Waals surface area contributed by atoms with Crippen LogP contribution in [-0.2, 0) is 5.41 Å². The molecule has 3 aliphatic heterocycles. The van der Waals surface area contributed by atoms with Gasteiger partial charge >= 0.3 is 0 Å². The summed E-state index contributed by atoms with van der Waals surface area (Å²) in [4.78, 5) is 9.69. The quantitative estimate of drug-likeness (QED) is 0.425. The van der Waals surface area contributed by atoms with Crippen LogP contribution in [0.3, 0.4) is 0 Å². The third-order valence-corrected chi connectivity index (χ3v) is 7.24. The van der Waals surface area contributed by atoms with E-state index in [4.69, 9.17) is 9.72 Å². The molecule has 3 aliphatic rings. The first-order valence-electron chi connectivity index (χ1n) is 9.76. The van der Waals surface area contributed by atoms with Gasteiger partial charge in [-0.25, -0.2) is 0 Å². The Hall–Kier alpha value is -2.56. The van der Waals surface area contributed by atoms with Gasteiger partial charge in [-0.3, -0.25) is 9.88 Å². The maximum absolute atomic E-state index is 6.13. The van der Waals surface area contributed by atoms with Crippen LogP contribution in [0.15, 0.2) is 82.7 Å². The van der Waals surface area contributed by atoms with Crippen molar-refractivity contribution in [2.24, 2.45) is 0 Å². The molecule has 0 amide bonds. The van der Waals surface area contributed by atoms with Crippen molar-refractivity contribution in [1.29, 1.82) is 0 Å². The Morgan fingerprint density at radius 3 is 2.86 bits per heavy atom. The molecular formula is C24H20N2OS. The molecule has 0 radical (unpaired) electrons. The minimum atomic E-state index is 0.150. The Kier molecular flexibility index (Phi) is 3.65. The highest BCUT2D eigenvalue weighted by Crippen LogP contribution is 2.50. The molecule has 0 N–H and O–H groups in total. The number of hydrogen-bond donors (Lipinski definition) is 0. The summed E-state index contributed by atoms with van der Waals surface area (Å²) in [6.45, 7) is 3.38. The van der Waals surface area contributed by atoms with E-state index in [1.165, 1.54) is 18.5 Å². The molecule has 1 saturated heterocycles.